The van der Waals surface area contributed by atoms with Crippen molar-refractivity contribution in [2.75, 3.05) is 17.7 Å². The lowest BCUT2D eigenvalue weighted by atomic mass is 10.0. The number of alkyl halides is 1. The Balaban J connectivity index is 2.75. The Bertz CT molecular complexity index is 391. The number of urea groups is 1. The molecule has 0 heterocycles. The molecule has 0 aliphatic carbocycles. The van der Waals surface area contributed by atoms with Gasteiger partial charge < -0.3 is 10.6 Å². The summed E-state index contributed by atoms with van der Waals surface area (Å²) >= 11 is 5.50. The van der Waals surface area contributed by atoms with Gasteiger partial charge in [-0.15, -0.1) is 11.6 Å². The first-order chi connectivity index (χ1) is 8.04. The normalized spacial score (nSPS) is 10.4. The van der Waals surface area contributed by atoms with Crippen molar-refractivity contribution >= 4 is 23.3 Å². The van der Waals surface area contributed by atoms with Gasteiger partial charge in [-0.3, -0.25) is 0 Å². The lowest BCUT2D eigenvalue weighted by Gasteiger charge is -2.12. The third-order valence-corrected chi connectivity index (χ3v) is 2.75. The molecule has 0 radical (unpaired) electrons. The fourth-order valence-electron chi connectivity index (χ4n) is 1.46. The molecule has 0 aliphatic rings. The molecule has 1 rings (SSSR count). The number of anilines is 1. The van der Waals surface area contributed by atoms with Crippen LogP contribution < -0.4 is 10.6 Å². The summed E-state index contributed by atoms with van der Waals surface area (Å²) in [5, 5.41) is 5.51. The van der Waals surface area contributed by atoms with Crippen molar-refractivity contribution in [2.45, 2.75) is 26.7 Å². The summed E-state index contributed by atoms with van der Waals surface area (Å²) in [6.45, 7) is 6.70. The maximum atomic E-state index is 11.5. The van der Waals surface area contributed by atoms with E-state index < -0.39 is 0 Å². The molecule has 2 amide bonds. The summed E-state index contributed by atoms with van der Waals surface area (Å²) in [4.78, 5) is 11.5. The van der Waals surface area contributed by atoms with Gasteiger partial charge in [0.2, 0.25) is 0 Å². The number of amides is 2. The molecule has 0 bridgehead atoms. The van der Waals surface area contributed by atoms with Gasteiger partial charge in [-0.1, -0.05) is 26.0 Å². The van der Waals surface area contributed by atoms with Crippen molar-refractivity contribution in [3.63, 3.8) is 0 Å². The highest BCUT2D eigenvalue weighted by molar-refractivity contribution is 6.18. The Morgan fingerprint density at radius 3 is 2.71 bits per heavy atom. The fourth-order valence-corrected chi connectivity index (χ4v) is 1.56. The number of benzene rings is 1. The number of carbonyl (C=O) groups is 1. The molecule has 0 atom stereocenters. The quantitative estimate of drug-likeness (QED) is 0.794. The summed E-state index contributed by atoms with van der Waals surface area (Å²) in [6.07, 6.45) is 0. The first kappa shape index (κ1) is 13.8. The molecule has 0 aromatic heterocycles. The molecular weight excluding hydrogens is 236 g/mol. The minimum Gasteiger partial charge on any atom is -0.337 e. The van der Waals surface area contributed by atoms with E-state index in [0.717, 1.165) is 11.3 Å². The predicted octanol–water partition coefficient (Wildman–Crippen LogP) is 3.48. The first-order valence-corrected chi connectivity index (χ1v) is 6.29. The van der Waals surface area contributed by atoms with Crippen LogP contribution in [0.2, 0.25) is 0 Å². The monoisotopic (exact) mass is 254 g/mol. The molecule has 2 N–H and O–H groups in total. The Labute approximate surface area is 108 Å². The zero-order chi connectivity index (χ0) is 12.8. The molecule has 94 valence electrons. The van der Waals surface area contributed by atoms with E-state index in [1.165, 1.54) is 5.56 Å². The smallest absolute Gasteiger partial charge is 0.319 e. The van der Waals surface area contributed by atoms with Crippen molar-refractivity contribution in [1.82, 2.24) is 5.32 Å². The Morgan fingerprint density at radius 1 is 1.41 bits per heavy atom. The summed E-state index contributed by atoms with van der Waals surface area (Å²) in [7, 11) is 0. The second-order valence-electron chi connectivity index (χ2n) is 4.30. The number of aryl methyl sites for hydroxylation is 1. The lowest BCUT2D eigenvalue weighted by molar-refractivity contribution is 0.252. The van der Waals surface area contributed by atoms with Gasteiger partial charge in [0.05, 0.1) is 0 Å². The van der Waals surface area contributed by atoms with Gasteiger partial charge in [0.15, 0.2) is 0 Å². The number of hydrogen-bond acceptors (Lipinski definition) is 1. The zero-order valence-electron chi connectivity index (χ0n) is 10.5. The van der Waals surface area contributed by atoms with E-state index in [-0.39, 0.29) is 6.03 Å². The predicted molar refractivity (Wildman–Crippen MR) is 73.0 cm³/mol. The maximum Gasteiger partial charge on any atom is 0.319 e. The molecule has 0 saturated heterocycles. The van der Waals surface area contributed by atoms with Gasteiger partial charge in [-0.2, -0.15) is 0 Å². The molecule has 1 aromatic carbocycles. The van der Waals surface area contributed by atoms with Gasteiger partial charge in [0.1, 0.15) is 0 Å². The molecule has 0 unspecified atom stereocenters. The van der Waals surface area contributed by atoms with Crippen LogP contribution in [0.15, 0.2) is 18.2 Å². The van der Waals surface area contributed by atoms with Gasteiger partial charge >= 0.3 is 6.03 Å². The standard InChI is InChI=1S/C13H19ClN2O/c1-9(2)11-5-4-10(3)12(8-11)16-13(17)15-7-6-14/h4-5,8-9H,6-7H2,1-3H3,(H2,15,16,17). The Kier molecular flexibility index (Phi) is 5.29. The van der Waals surface area contributed by atoms with E-state index in [0.29, 0.717) is 18.3 Å². The van der Waals surface area contributed by atoms with Crippen molar-refractivity contribution in [3.8, 4) is 0 Å². The minimum atomic E-state index is -0.213. The fraction of sp³-hybridized carbons (Fsp3) is 0.462. The van der Waals surface area contributed by atoms with Crippen LogP contribution in [0.1, 0.15) is 30.9 Å². The van der Waals surface area contributed by atoms with Gasteiger partial charge in [-0.05, 0) is 30.0 Å². The molecular formula is C13H19ClN2O. The molecule has 17 heavy (non-hydrogen) atoms. The van der Waals surface area contributed by atoms with Crippen molar-refractivity contribution in [3.05, 3.63) is 29.3 Å². The van der Waals surface area contributed by atoms with Crippen LogP contribution in [0.5, 0.6) is 0 Å². The highest BCUT2D eigenvalue weighted by Crippen LogP contribution is 2.22. The van der Waals surface area contributed by atoms with E-state index in [4.69, 9.17) is 11.6 Å². The molecule has 0 aliphatic heterocycles. The average molecular weight is 255 g/mol. The molecule has 0 saturated carbocycles. The molecule has 0 spiro atoms. The second kappa shape index (κ2) is 6.50. The van der Waals surface area contributed by atoms with Crippen LogP contribution in [0.4, 0.5) is 10.5 Å². The average Bonchev–Trinajstić information content (AvgIpc) is 2.29. The summed E-state index contributed by atoms with van der Waals surface area (Å²) in [6, 6.07) is 5.91. The molecule has 0 fully saturated rings. The largest absolute Gasteiger partial charge is 0.337 e. The van der Waals surface area contributed by atoms with Gasteiger partial charge in [-0.25, -0.2) is 4.79 Å². The van der Waals surface area contributed by atoms with Crippen molar-refractivity contribution in [1.29, 1.82) is 0 Å². The zero-order valence-corrected chi connectivity index (χ0v) is 11.3. The SMILES string of the molecule is Cc1ccc(C(C)C)cc1NC(=O)NCCCl. The highest BCUT2D eigenvalue weighted by Gasteiger charge is 2.06. The van der Waals surface area contributed by atoms with Crippen LogP contribution in [0, 0.1) is 6.92 Å². The Hall–Kier alpha value is -1.22. The summed E-state index contributed by atoms with van der Waals surface area (Å²) in [5.74, 6) is 0.861. The summed E-state index contributed by atoms with van der Waals surface area (Å²) in [5.41, 5.74) is 3.11. The van der Waals surface area contributed by atoms with E-state index in [1.54, 1.807) is 0 Å². The van der Waals surface area contributed by atoms with E-state index >= 15 is 0 Å². The van der Waals surface area contributed by atoms with Gasteiger partial charge in [0, 0.05) is 18.1 Å². The van der Waals surface area contributed by atoms with Crippen molar-refractivity contribution < 1.29 is 4.79 Å². The minimum absolute atomic E-state index is 0.213. The number of rotatable bonds is 4. The third kappa shape index (κ3) is 4.27. The summed E-state index contributed by atoms with van der Waals surface area (Å²) < 4.78 is 0. The third-order valence-electron chi connectivity index (χ3n) is 2.56. The van der Waals surface area contributed by atoms with Crippen LogP contribution >= 0.6 is 11.6 Å². The molecule has 3 nitrogen and oxygen atoms in total. The van der Waals surface area contributed by atoms with Crippen LogP contribution in [0.25, 0.3) is 0 Å². The highest BCUT2D eigenvalue weighted by atomic mass is 35.5. The number of hydrogen-bond donors (Lipinski definition) is 2. The Morgan fingerprint density at radius 2 is 2.12 bits per heavy atom. The number of halogens is 1. The van der Waals surface area contributed by atoms with Gasteiger partial charge in [0.25, 0.3) is 0 Å². The van der Waals surface area contributed by atoms with Crippen LogP contribution in [0.3, 0.4) is 0 Å². The van der Waals surface area contributed by atoms with Crippen LogP contribution in [-0.2, 0) is 0 Å². The second-order valence-corrected chi connectivity index (χ2v) is 4.68. The number of carbonyl (C=O) groups excluding carboxylic acids is 1. The van der Waals surface area contributed by atoms with E-state index in [2.05, 4.69) is 30.5 Å². The molecule has 4 heteroatoms. The first-order valence-electron chi connectivity index (χ1n) is 5.76. The lowest BCUT2D eigenvalue weighted by Crippen LogP contribution is -2.30. The topological polar surface area (TPSA) is 41.1 Å². The number of nitrogens with one attached hydrogen (secondary N) is 2. The molecule has 1 aromatic rings. The maximum absolute atomic E-state index is 11.5. The van der Waals surface area contributed by atoms with E-state index in [1.807, 2.05) is 19.1 Å². The van der Waals surface area contributed by atoms with Crippen molar-refractivity contribution in [2.24, 2.45) is 0 Å². The van der Waals surface area contributed by atoms with Crippen LogP contribution in [-0.4, -0.2) is 18.5 Å². The van der Waals surface area contributed by atoms with E-state index in [9.17, 15) is 4.79 Å².